The predicted octanol–water partition coefficient (Wildman–Crippen LogP) is 3.83. The molecule has 0 spiro atoms. The van der Waals surface area contributed by atoms with Gasteiger partial charge < -0.3 is 0 Å². The van der Waals surface area contributed by atoms with Gasteiger partial charge in [-0.2, -0.15) is 0 Å². The van der Waals surface area contributed by atoms with Crippen LogP contribution in [0.2, 0.25) is 0 Å². The lowest BCUT2D eigenvalue weighted by Crippen LogP contribution is -2.05. The van der Waals surface area contributed by atoms with Gasteiger partial charge in [0.2, 0.25) is 0 Å². The van der Waals surface area contributed by atoms with Gasteiger partial charge in [-0.3, -0.25) is 4.79 Å². The zero-order valence-electron chi connectivity index (χ0n) is 8.91. The van der Waals surface area contributed by atoms with Gasteiger partial charge in [-0.15, -0.1) is 0 Å². The smallest absolute Gasteiger partial charge is 0.194 e. The topological polar surface area (TPSA) is 17.1 Å². The predicted molar refractivity (Wildman–Crippen MR) is 73.8 cm³/mol. The molecular weight excluding hydrogens is 311 g/mol. The first-order chi connectivity index (χ1) is 7.70. The van der Waals surface area contributed by atoms with Crippen LogP contribution in [0.4, 0.5) is 0 Å². The second-order valence-electron chi connectivity index (χ2n) is 3.62. The van der Waals surface area contributed by atoms with Gasteiger partial charge >= 0.3 is 0 Å². The van der Waals surface area contributed by atoms with Gasteiger partial charge in [-0.1, -0.05) is 36.4 Å². The third kappa shape index (κ3) is 2.16. The van der Waals surface area contributed by atoms with E-state index in [0.717, 1.165) is 20.3 Å². The van der Waals surface area contributed by atoms with Crippen molar-refractivity contribution in [3.8, 4) is 0 Å². The SMILES string of the molecule is Cc1ccccc1C(=O)c1ccccc1I. The van der Waals surface area contributed by atoms with Gasteiger partial charge in [0.05, 0.1) is 0 Å². The number of rotatable bonds is 2. The molecule has 2 heteroatoms. The molecule has 0 N–H and O–H groups in total. The minimum atomic E-state index is 0.100. The Morgan fingerprint density at radius 2 is 1.50 bits per heavy atom. The normalized spacial score (nSPS) is 10.1. The molecule has 0 saturated carbocycles. The quantitative estimate of drug-likeness (QED) is 0.607. The number of halogens is 1. The summed E-state index contributed by atoms with van der Waals surface area (Å²) in [6.45, 7) is 1.96. The molecule has 0 aliphatic carbocycles. The summed E-state index contributed by atoms with van der Waals surface area (Å²) in [4.78, 5) is 12.3. The molecule has 2 aromatic rings. The van der Waals surface area contributed by atoms with Crippen LogP contribution in [0.5, 0.6) is 0 Å². The van der Waals surface area contributed by atoms with Crippen LogP contribution in [0.15, 0.2) is 48.5 Å². The Labute approximate surface area is 109 Å². The Morgan fingerprint density at radius 1 is 0.938 bits per heavy atom. The van der Waals surface area contributed by atoms with E-state index in [1.807, 2.05) is 55.5 Å². The number of ketones is 1. The summed E-state index contributed by atoms with van der Waals surface area (Å²) in [5, 5.41) is 0. The lowest BCUT2D eigenvalue weighted by molar-refractivity contribution is 0.103. The molecule has 0 saturated heterocycles. The Morgan fingerprint density at radius 3 is 2.12 bits per heavy atom. The maximum absolute atomic E-state index is 12.3. The van der Waals surface area contributed by atoms with Crippen molar-refractivity contribution < 1.29 is 4.79 Å². The van der Waals surface area contributed by atoms with Crippen molar-refractivity contribution in [2.24, 2.45) is 0 Å². The van der Waals surface area contributed by atoms with E-state index in [9.17, 15) is 4.79 Å². The molecule has 0 bridgehead atoms. The van der Waals surface area contributed by atoms with Crippen molar-refractivity contribution in [1.82, 2.24) is 0 Å². The number of hydrogen-bond donors (Lipinski definition) is 0. The standard InChI is InChI=1S/C14H11IO/c1-10-6-2-3-7-11(10)14(16)12-8-4-5-9-13(12)15/h2-9H,1H3. The van der Waals surface area contributed by atoms with Crippen LogP contribution >= 0.6 is 22.6 Å². The third-order valence-corrected chi connectivity index (χ3v) is 3.45. The van der Waals surface area contributed by atoms with E-state index in [-0.39, 0.29) is 5.78 Å². The highest BCUT2D eigenvalue weighted by atomic mass is 127. The summed E-state index contributed by atoms with van der Waals surface area (Å²) in [5.74, 6) is 0.100. The second-order valence-corrected chi connectivity index (χ2v) is 4.79. The molecule has 16 heavy (non-hydrogen) atoms. The van der Waals surface area contributed by atoms with Crippen LogP contribution in [0.25, 0.3) is 0 Å². The first-order valence-corrected chi connectivity index (χ1v) is 6.13. The Bertz CT molecular complexity index is 484. The molecule has 0 aromatic heterocycles. The van der Waals surface area contributed by atoms with E-state index in [1.165, 1.54) is 0 Å². The fourth-order valence-corrected chi connectivity index (χ4v) is 2.25. The van der Waals surface area contributed by atoms with E-state index < -0.39 is 0 Å². The van der Waals surface area contributed by atoms with Crippen molar-refractivity contribution in [3.63, 3.8) is 0 Å². The van der Waals surface area contributed by atoms with Crippen molar-refractivity contribution in [3.05, 3.63) is 68.8 Å². The van der Waals surface area contributed by atoms with Crippen molar-refractivity contribution in [1.29, 1.82) is 0 Å². The van der Waals surface area contributed by atoms with Gasteiger partial charge in [-0.25, -0.2) is 0 Å². The van der Waals surface area contributed by atoms with Gasteiger partial charge in [-0.05, 0) is 47.2 Å². The zero-order valence-corrected chi connectivity index (χ0v) is 11.1. The molecule has 0 atom stereocenters. The van der Waals surface area contributed by atoms with E-state index >= 15 is 0 Å². The summed E-state index contributed by atoms with van der Waals surface area (Å²) in [6, 6.07) is 15.3. The molecule has 80 valence electrons. The molecule has 0 radical (unpaired) electrons. The molecule has 0 aliphatic rings. The van der Waals surface area contributed by atoms with E-state index in [0.29, 0.717) is 0 Å². The zero-order chi connectivity index (χ0) is 11.5. The maximum Gasteiger partial charge on any atom is 0.194 e. The lowest BCUT2D eigenvalue weighted by atomic mass is 9.99. The molecule has 0 fully saturated rings. The molecule has 0 amide bonds. The van der Waals surface area contributed by atoms with Crippen molar-refractivity contribution in [2.45, 2.75) is 6.92 Å². The Kier molecular flexibility index (Phi) is 3.39. The average Bonchev–Trinajstić information content (AvgIpc) is 2.29. The highest BCUT2D eigenvalue weighted by Gasteiger charge is 2.13. The number of aryl methyl sites for hydroxylation is 1. The molecule has 0 unspecified atom stereocenters. The van der Waals surface area contributed by atoms with E-state index in [4.69, 9.17) is 0 Å². The third-order valence-electron chi connectivity index (χ3n) is 2.51. The highest BCUT2D eigenvalue weighted by Crippen LogP contribution is 2.18. The summed E-state index contributed by atoms with van der Waals surface area (Å²) in [5.41, 5.74) is 2.58. The average molecular weight is 322 g/mol. The lowest BCUT2D eigenvalue weighted by Gasteiger charge is -2.06. The first kappa shape index (κ1) is 11.3. The van der Waals surface area contributed by atoms with Gasteiger partial charge in [0.1, 0.15) is 0 Å². The minimum absolute atomic E-state index is 0.100. The number of carbonyl (C=O) groups is 1. The van der Waals surface area contributed by atoms with Crippen LogP contribution < -0.4 is 0 Å². The fraction of sp³-hybridized carbons (Fsp3) is 0.0714. The minimum Gasteiger partial charge on any atom is -0.289 e. The summed E-state index contributed by atoms with van der Waals surface area (Å²) >= 11 is 2.19. The van der Waals surface area contributed by atoms with Gasteiger partial charge in [0, 0.05) is 14.7 Å². The molecule has 2 rings (SSSR count). The van der Waals surface area contributed by atoms with E-state index in [2.05, 4.69) is 22.6 Å². The summed E-state index contributed by atoms with van der Waals surface area (Å²) < 4.78 is 0.994. The van der Waals surface area contributed by atoms with Crippen LogP contribution in [0.1, 0.15) is 21.5 Å². The fourth-order valence-electron chi connectivity index (χ4n) is 1.62. The molecule has 2 aromatic carbocycles. The van der Waals surface area contributed by atoms with Gasteiger partial charge in [0.25, 0.3) is 0 Å². The summed E-state index contributed by atoms with van der Waals surface area (Å²) in [6.07, 6.45) is 0. The maximum atomic E-state index is 12.3. The molecule has 1 nitrogen and oxygen atoms in total. The summed E-state index contributed by atoms with van der Waals surface area (Å²) in [7, 11) is 0. The Balaban J connectivity index is 2.48. The van der Waals surface area contributed by atoms with Crippen molar-refractivity contribution >= 4 is 28.4 Å². The number of carbonyl (C=O) groups excluding carboxylic acids is 1. The molecule has 0 heterocycles. The highest BCUT2D eigenvalue weighted by molar-refractivity contribution is 14.1. The molecular formula is C14H11IO. The van der Waals surface area contributed by atoms with E-state index in [1.54, 1.807) is 0 Å². The largest absolute Gasteiger partial charge is 0.289 e. The van der Waals surface area contributed by atoms with Crippen LogP contribution in [-0.4, -0.2) is 5.78 Å². The molecule has 0 aliphatic heterocycles. The van der Waals surface area contributed by atoms with Crippen molar-refractivity contribution in [2.75, 3.05) is 0 Å². The van der Waals surface area contributed by atoms with Gasteiger partial charge in [0.15, 0.2) is 5.78 Å². The Hall–Kier alpha value is -1.16. The first-order valence-electron chi connectivity index (χ1n) is 5.05. The van der Waals surface area contributed by atoms with Crippen LogP contribution in [0, 0.1) is 10.5 Å². The van der Waals surface area contributed by atoms with Crippen LogP contribution in [-0.2, 0) is 0 Å². The monoisotopic (exact) mass is 322 g/mol. The number of hydrogen-bond acceptors (Lipinski definition) is 1. The number of benzene rings is 2. The second kappa shape index (κ2) is 4.78. The van der Waals surface area contributed by atoms with Crippen LogP contribution in [0.3, 0.4) is 0 Å².